The van der Waals surface area contributed by atoms with Crippen LogP contribution < -0.4 is 4.74 Å². The van der Waals surface area contributed by atoms with E-state index < -0.39 is 0 Å². The van der Waals surface area contributed by atoms with Gasteiger partial charge in [0.25, 0.3) is 0 Å². The quantitative estimate of drug-likeness (QED) is 0.339. The number of nitrogens with zero attached hydrogens (tertiary/aromatic N) is 2. The molecule has 0 aliphatic heterocycles. The zero-order chi connectivity index (χ0) is 22.4. The van der Waals surface area contributed by atoms with Gasteiger partial charge in [-0.1, -0.05) is 13.8 Å². The molecule has 31 heavy (non-hydrogen) atoms. The third-order valence-corrected chi connectivity index (χ3v) is 5.67. The number of phenolic OH excluding ortho intramolecular Hbond substituents is 2. The number of aromatic nitrogens is 3. The van der Waals surface area contributed by atoms with Gasteiger partial charge in [-0.3, -0.25) is 5.10 Å². The molecule has 0 unspecified atom stereocenters. The monoisotopic (exact) mass is 421 g/mol. The Labute approximate surface area is 180 Å². The zero-order valence-electron chi connectivity index (χ0n) is 18.3. The van der Waals surface area contributed by atoms with E-state index in [1.165, 1.54) is 6.07 Å². The summed E-state index contributed by atoms with van der Waals surface area (Å²) in [5, 5.41) is 39.3. The van der Waals surface area contributed by atoms with Crippen molar-refractivity contribution in [3.05, 3.63) is 42.1 Å². The predicted molar refractivity (Wildman–Crippen MR) is 121 cm³/mol. The molecular formula is C24H27N3O4. The Bertz CT molecular complexity index is 1270. The first-order chi connectivity index (χ1) is 14.7. The summed E-state index contributed by atoms with van der Waals surface area (Å²) in [4.78, 5) is 0. The van der Waals surface area contributed by atoms with Gasteiger partial charge in [-0.15, -0.1) is 5.10 Å². The van der Waals surface area contributed by atoms with E-state index in [2.05, 4.69) is 28.6 Å². The van der Waals surface area contributed by atoms with Gasteiger partial charge in [-0.2, -0.15) is 0 Å². The van der Waals surface area contributed by atoms with Crippen molar-refractivity contribution in [3.8, 4) is 45.5 Å². The molecule has 2 aromatic heterocycles. The summed E-state index contributed by atoms with van der Waals surface area (Å²) in [5.41, 5.74) is 3.77. The van der Waals surface area contributed by atoms with Crippen molar-refractivity contribution in [3.63, 3.8) is 0 Å². The van der Waals surface area contributed by atoms with Gasteiger partial charge in [-0.25, -0.2) is 0 Å². The van der Waals surface area contributed by atoms with Crippen LogP contribution in [0.1, 0.15) is 45.2 Å². The summed E-state index contributed by atoms with van der Waals surface area (Å²) in [7, 11) is 1.63. The van der Waals surface area contributed by atoms with Crippen LogP contribution in [0.2, 0.25) is 0 Å². The standard InChI is InChI=1S/C24H27N3O4/c1-12(2)16-10-17(19(29)11-18(16)28)22-21(24(30)26-25-22)14-6-7-20(31-5)23-15(14)8-9-27(23)13(3)4/h6-13,28-29H,1-5H3,(H2,25,26,30). The normalized spacial score (nSPS) is 11.7. The van der Waals surface area contributed by atoms with Crippen LogP contribution in [0.4, 0.5) is 0 Å². The third kappa shape index (κ3) is 3.26. The maximum absolute atomic E-state index is 10.7. The Morgan fingerprint density at radius 3 is 2.35 bits per heavy atom. The second-order valence-electron chi connectivity index (χ2n) is 8.27. The molecule has 4 aromatic rings. The first-order valence-corrected chi connectivity index (χ1v) is 10.3. The lowest BCUT2D eigenvalue weighted by molar-refractivity contribution is 0.416. The number of rotatable bonds is 5. The topological polar surface area (TPSA) is 104 Å². The number of aromatic amines is 1. The molecule has 2 aromatic carbocycles. The van der Waals surface area contributed by atoms with Crippen LogP contribution in [0.15, 0.2) is 36.5 Å². The average molecular weight is 421 g/mol. The van der Waals surface area contributed by atoms with Gasteiger partial charge in [0.05, 0.1) is 23.9 Å². The predicted octanol–water partition coefficient (Wildman–Crippen LogP) is 5.53. The largest absolute Gasteiger partial charge is 0.508 e. The van der Waals surface area contributed by atoms with Crippen LogP contribution in [0.5, 0.6) is 23.1 Å². The molecule has 0 bridgehead atoms. The van der Waals surface area contributed by atoms with Crippen LogP contribution in [-0.2, 0) is 0 Å². The molecule has 0 aliphatic rings. The van der Waals surface area contributed by atoms with Gasteiger partial charge < -0.3 is 24.6 Å². The second-order valence-corrected chi connectivity index (χ2v) is 8.27. The van der Waals surface area contributed by atoms with Crippen LogP contribution in [0.3, 0.4) is 0 Å². The molecule has 0 spiro atoms. The number of ether oxygens (including phenoxy) is 1. The Hall–Kier alpha value is -3.61. The van der Waals surface area contributed by atoms with E-state index in [0.29, 0.717) is 22.4 Å². The van der Waals surface area contributed by atoms with Gasteiger partial charge in [0.1, 0.15) is 17.2 Å². The summed E-state index contributed by atoms with van der Waals surface area (Å²) in [6.45, 7) is 8.11. The van der Waals surface area contributed by atoms with Crippen molar-refractivity contribution in [1.82, 2.24) is 14.8 Å². The Morgan fingerprint density at radius 1 is 0.968 bits per heavy atom. The van der Waals surface area contributed by atoms with E-state index in [0.717, 1.165) is 22.2 Å². The number of phenols is 2. The van der Waals surface area contributed by atoms with E-state index in [-0.39, 0.29) is 29.3 Å². The summed E-state index contributed by atoms with van der Waals surface area (Å²) < 4.78 is 7.71. The highest BCUT2D eigenvalue weighted by Gasteiger charge is 2.24. The number of aromatic hydroxyl groups is 3. The van der Waals surface area contributed by atoms with Crippen molar-refractivity contribution in [1.29, 1.82) is 0 Å². The SMILES string of the molecule is COc1ccc(-c2c(O)n[nH]c2-c2cc(C(C)C)c(O)cc2O)c2ccn(C(C)C)c12. The number of benzene rings is 2. The average Bonchev–Trinajstić information content (AvgIpc) is 3.31. The lowest BCUT2D eigenvalue weighted by atomic mass is 9.94. The summed E-state index contributed by atoms with van der Waals surface area (Å²) in [6.07, 6.45) is 1.99. The maximum Gasteiger partial charge on any atom is 0.238 e. The fourth-order valence-corrected chi connectivity index (χ4v) is 4.10. The Kier molecular flexibility index (Phi) is 5.05. The van der Waals surface area contributed by atoms with E-state index in [4.69, 9.17) is 4.74 Å². The van der Waals surface area contributed by atoms with Gasteiger partial charge in [0.2, 0.25) is 5.88 Å². The minimum absolute atomic E-state index is 0.0300. The highest BCUT2D eigenvalue weighted by atomic mass is 16.5. The molecule has 0 aliphatic carbocycles. The molecule has 0 atom stereocenters. The van der Waals surface area contributed by atoms with E-state index in [1.807, 2.05) is 38.2 Å². The fourth-order valence-electron chi connectivity index (χ4n) is 4.10. The van der Waals surface area contributed by atoms with Crippen LogP contribution in [0.25, 0.3) is 33.3 Å². The summed E-state index contributed by atoms with van der Waals surface area (Å²) in [5.74, 6) is 0.541. The molecule has 0 radical (unpaired) electrons. The maximum atomic E-state index is 10.7. The van der Waals surface area contributed by atoms with Crippen molar-refractivity contribution < 1.29 is 20.1 Å². The van der Waals surface area contributed by atoms with Gasteiger partial charge >= 0.3 is 0 Å². The lowest BCUT2D eigenvalue weighted by Crippen LogP contribution is -2.00. The van der Waals surface area contributed by atoms with E-state index in [1.54, 1.807) is 13.2 Å². The molecule has 0 saturated carbocycles. The number of hydrogen-bond donors (Lipinski definition) is 4. The Balaban J connectivity index is 2.01. The van der Waals surface area contributed by atoms with E-state index in [9.17, 15) is 15.3 Å². The molecule has 4 rings (SSSR count). The molecule has 0 amide bonds. The molecular weight excluding hydrogens is 394 g/mol. The van der Waals surface area contributed by atoms with Crippen LogP contribution >= 0.6 is 0 Å². The van der Waals surface area contributed by atoms with Crippen molar-refractivity contribution in [2.45, 2.75) is 39.7 Å². The summed E-state index contributed by atoms with van der Waals surface area (Å²) in [6, 6.07) is 8.99. The Morgan fingerprint density at radius 2 is 1.71 bits per heavy atom. The summed E-state index contributed by atoms with van der Waals surface area (Å²) >= 11 is 0. The van der Waals surface area contributed by atoms with Crippen molar-refractivity contribution >= 4 is 10.9 Å². The minimum Gasteiger partial charge on any atom is -0.508 e. The van der Waals surface area contributed by atoms with Gasteiger partial charge in [-0.05, 0) is 55.2 Å². The lowest BCUT2D eigenvalue weighted by Gasteiger charge is -2.15. The number of methoxy groups -OCH3 is 1. The van der Waals surface area contributed by atoms with E-state index >= 15 is 0 Å². The molecule has 4 N–H and O–H groups in total. The molecule has 2 heterocycles. The first kappa shape index (κ1) is 20.7. The molecule has 0 saturated heterocycles. The zero-order valence-corrected chi connectivity index (χ0v) is 18.3. The number of fused-ring (bicyclic) bond motifs is 1. The number of nitrogens with one attached hydrogen (secondary N) is 1. The van der Waals surface area contributed by atoms with Gasteiger partial charge in [0, 0.05) is 29.3 Å². The highest BCUT2D eigenvalue weighted by molar-refractivity contribution is 6.03. The number of hydrogen-bond acceptors (Lipinski definition) is 5. The minimum atomic E-state index is -0.169. The number of H-pyrrole nitrogens is 1. The van der Waals surface area contributed by atoms with Crippen LogP contribution in [-0.4, -0.2) is 37.2 Å². The van der Waals surface area contributed by atoms with Crippen LogP contribution in [0, 0.1) is 0 Å². The van der Waals surface area contributed by atoms with Crippen molar-refractivity contribution in [2.75, 3.05) is 7.11 Å². The molecule has 7 nitrogen and oxygen atoms in total. The third-order valence-electron chi connectivity index (χ3n) is 5.67. The van der Waals surface area contributed by atoms with Gasteiger partial charge in [0.15, 0.2) is 0 Å². The first-order valence-electron chi connectivity index (χ1n) is 10.3. The van der Waals surface area contributed by atoms with Crippen molar-refractivity contribution in [2.24, 2.45) is 0 Å². The highest BCUT2D eigenvalue weighted by Crippen LogP contribution is 2.46. The fraction of sp³-hybridized carbons (Fsp3) is 0.292. The molecule has 162 valence electrons. The molecule has 0 fully saturated rings. The smallest absolute Gasteiger partial charge is 0.238 e. The molecule has 7 heteroatoms. The second kappa shape index (κ2) is 7.58.